The number of sulfonamides is 1. The molecule has 0 aromatic carbocycles. The number of rotatable bonds is 13. The largest absolute Gasteiger partial charge is 0.382 e. The average molecular weight is 549 g/mol. The molecule has 2 aromatic rings. The lowest BCUT2D eigenvalue weighted by atomic mass is 10.2. The molecule has 15 heteroatoms. The van der Waals surface area contributed by atoms with Gasteiger partial charge in [0.05, 0.1) is 50.2 Å². The van der Waals surface area contributed by atoms with Gasteiger partial charge >= 0.3 is 0 Å². The van der Waals surface area contributed by atoms with E-state index in [9.17, 15) is 8.42 Å². The summed E-state index contributed by atoms with van der Waals surface area (Å²) in [6.07, 6.45) is 0.987. The molecular formula is C21H33ClN6O7S. The van der Waals surface area contributed by atoms with Gasteiger partial charge in [-0.1, -0.05) is 11.6 Å². The maximum absolute atomic E-state index is 13.6. The predicted molar refractivity (Wildman–Crippen MR) is 130 cm³/mol. The third-order valence-electron chi connectivity index (χ3n) is 5.37. The third kappa shape index (κ3) is 7.09. The Hall–Kier alpha value is -1.94. The lowest BCUT2D eigenvalue weighted by Gasteiger charge is -2.28. The Bertz CT molecular complexity index is 1060. The summed E-state index contributed by atoms with van der Waals surface area (Å²) in [6.45, 7) is 6.63. The first-order valence-electron chi connectivity index (χ1n) is 11.4. The van der Waals surface area contributed by atoms with Gasteiger partial charge in [-0.05, 0) is 20.8 Å². The summed E-state index contributed by atoms with van der Waals surface area (Å²) in [7, 11) is -1.00. The number of ether oxygens (including phenoxy) is 5. The van der Waals surface area contributed by atoms with E-state index in [2.05, 4.69) is 24.9 Å². The summed E-state index contributed by atoms with van der Waals surface area (Å²) in [5, 5.41) is 7.59. The minimum Gasteiger partial charge on any atom is -0.382 e. The maximum Gasteiger partial charge on any atom is 0.240 e. The van der Waals surface area contributed by atoms with E-state index in [0.29, 0.717) is 24.1 Å². The molecule has 0 bridgehead atoms. The van der Waals surface area contributed by atoms with E-state index < -0.39 is 33.5 Å². The fourth-order valence-corrected chi connectivity index (χ4v) is 4.89. The van der Waals surface area contributed by atoms with Crippen molar-refractivity contribution in [3.63, 3.8) is 0 Å². The number of methoxy groups -OCH3 is 2. The number of nitrogens with one attached hydrogen (secondary N) is 1. The van der Waals surface area contributed by atoms with Crippen LogP contribution in [0.15, 0.2) is 12.4 Å². The molecule has 0 saturated carbocycles. The smallest absolute Gasteiger partial charge is 0.240 e. The Morgan fingerprint density at radius 1 is 1.14 bits per heavy atom. The van der Waals surface area contributed by atoms with Crippen LogP contribution in [-0.4, -0.2) is 91.8 Å². The zero-order valence-corrected chi connectivity index (χ0v) is 22.5. The molecule has 0 spiro atoms. The second-order valence-electron chi connectivity index (χ2n) is 8.47. The molecule has 1 aliphatic heterocycles. The first-order valence-corrected chi connectivity index (χ1v) is 13.4. The van der Waals surface area contributed by atoms with E-state index in [1.807, 2.05) is 0 Å². The molecule has 0 aliphatic carbocycles. The lowest BCUT2D eigenvalue weighted by molar-refractivity contribution is -0.0957. The van der Waals surface area contributed by atoms with E-state index in [4.69, 9.17) is 35.3 Å². The topological polar surface area (TPSA) is 149 Å². The van der Waals surface area contributed by atoms with Gasteiger partial charge in [0.2, 0.25) is 16.0 Å². The minimum absolute atomic E-state index is 0.00885. The highest BCUT2D eigenvalue weighted by Gasteiger charge is 2.37. The van der Waals surface area contributed by atoms with Gasteiger partial charge < -0.3 is 23.7 Å². The van der Waals surface area contributed by atoms with Crippen LogP contribution in [0.3, 0.4) is 0 Å². The van der Waals surface area contributed by atoms with E-state index in [1.165, 1.54) is 19.3 Å². The van der Waals surface area contributed by atoms with E-state index in [-0.39, 0.29) is 37.7 Å². The number of nitrogens with zero attached hydrogens (tertiary/aromatic N) is 5. The van der Waals surface area contributed by atoms with Gasteiger partial charge in [-0.15, -0.1) is 10.2 Å². The van der Waals surface area contributed by atoms with Gasteiger partial charge in [-0.25, -0.2) is 18.4 Å². The first kappa shape index (κ1) is 28.6. The van der Waals surface area contributed by atoms with E-state index in [1.54, 1.807) is 32.6 Å². The van der Waals surface area contributed by atoms with Crippen LogP contribution in [-0.2, 0) is 33.7 Å². The second-order valence-corrected chi connectivity index (χ2v) is 10.9. The van der Waals surface area contributed by atoms with E-state index in [0.717, 1.165) is 0 Å². The standard InChI is InChI=1S/C21H33ClN6O7S/c1-13(2)35-18(19-23-8-15(22)9-24-19)14(3)36(29,30)27-21-26-25-20(17-12-33-6-7-34-17)28(21)16(10-31-4)11-32-5/h8-9,13-14,16-18H,6-7,10-12H2,1-5H3,(H,26,27)/t14?,17-,18?/m0/s1. The van der Waals surface area contributed by atoms with Crippen molar-refractivity contribution in [2.45, 2.75) is 50.4 Å². The van der Waals surface area contributed by atoms with Crippen LogP contribution in [0.25, 0.3) is 0 Å². The van der Waals surface area contributed by atoms with Crippen LogP contribution in [0.2, 0.25) is 5.02 Å². The zero-order valence-electron chi connectivity index (χ0n) is 21.0. The van der Waals surface area contributed by atoms with E-state index >= 15 is 0 Å². The van der Waals surface area contributed by atoms with Crippen molar-refractivity contribution in [3.8, 4) is 0 Å². The van der Waals surface area contributed by atoms with Crippen molar-refractivity contribution in [1.29, 1.82) is 0 Å². The van der Waals surface area contributed by atoms with Crippen LogP contribution in [0.5, 0.6) is 0 Å². The predicted octanol–water partition coefficient (Wildman–Crippen LogP) is 1.94. The number of hydrogen-bond acceptors (Lipinski definition) is 11. The van der Waals surface area contributed by atoms with Gasteiger partial charge in [0.25, 0.3) is 0 Å². The summed E-state index contributed by atoms with van der Waals surface area (Å²) in [6, 6.07) is -0.439. The highest BCUT2D eigenvalue weighted by Crippen LogP contribution is 2.30. The molecule has 202 valence electrons. The average Bonchev–Trinajstić information content (AvgIpc) is 3.25. The minimum atomic E-state index is -4.08. The van der Waals surface area contributed by atoms with Gasteiger partial charge in [0.15, 0.2) is 11.6 Å². The third-order valence-corrected chi connectivity index (χ3v) is 7.26. The summed E-state index contributed by atoms with van der Waals surface area (Å²) in [5.41, 5.74) is 0. The summed E-state index contributed by atoms with van der Waals surface area (Å²) in [4.78, 5) is 8.35. The van der Waals surface area contributed by atoms with Crippen molar-refractivity contribution in [1.82, 2.24) is 24.7 Å². The van der Waals surface area contributed by atoms with Gasteiger partial charge in [-0.3, -0.25) is 9.29 Å². The molecule has 1 saturated heterocycles. The Labute approximate surface area is 215 Å². The van der Waals surface area contributed by atoms with Crippen molar-refractivity contribution in [3.05, 3.63) is 29.1 Å². The zero-order chi connectivity index (χ0) is 26.3. The first-order chi connectivity index (χ1) is 17.2. The molecule has 1 N–H and O–H groups in total. The fraction of sp³-hybridized carbons (Fsp3) is 0.714. The molecule has 1 aliphatic rings. The van der Waals surface area contributed by atoms with Crippen molar-refractivity contribution < 1.29 is 32.1 Å². The van der Waals surface area contributed by atoms with Gasteiger partial charge in [0.1, 0.15) is 17.5 Å². The Morgan fingerprint density at radius 3 is 2.36 bits per heavy atom. The van der Waals surface area contributed by atoms with Crippen molar-refractivity contribution >= 4 is 27.6 Å². The molecule has 13 nitrogen and oxygen atoms in total. The molecule has 3 atom stereocenters. The number of aromatic nitrogens is 5. The fourth-order valence-electron chi connectivity index (χ4n) is 3.70. The second kappa shape index (κ2) is 13.0. The molecule has 1 fully saturated rings. The van der Waals surface area contributed by atoms with Crippen molar-refractivity contribution in [2.24, 2.45) is 0 Å². The molecule has 3 rings (SSSR count). The molecule has 2 unspecified atom stereocenters. The van der Waals surface area contributed by atoms with Crippen LogP contribution < -0.4 is 4.72 Å². The van der Waals surface area contributed by atoms with Crippen LogP contribution in [0.1, 0.15) is 50.7 Å². The van der Waals surface area contributed by atoms with Gasteiger partial charge in [0, 0.05) is 26.6 Å². The normalized spacial score (nSPS) is 18.5. The molecule has 2 aromatic heterocycles. The Balaban J connectivity index is 1.97. The van der Waals surface area contributed by atoms with Gasteiger partial charge in [-0.2, -0.15) is 0 Å². The molecule has 36 heavy (non-hydrogen) atoms. The monoisotopic (exact) mass is 548 g/mol. The highest BCUT2D eigenvalue weighted by molar-refractivity contribution is 7.93. The highest BCUT2D eigenvalue weighted by atomic mass is 35.5. The lowest BCUT2D eigenvalue weighted by Crippen LogP contribution is -2.36. The molecule has 0 amide bonds. The SMILES string of the molecule is COCC(COC)n1c(NS(=O)(=O)C(C)C(OC(C)C)c2ncc(Cl)cn2)nnc1[C@@H]1COCCO1. The van der Waals surface area contributed by atoms with Crippen LogP contribution in [0, 0.1) is 0 Å². The molecule has 3 heterocycles. The molecular weight excluding hydrogens is 516 g/mol. The number of anilines is 1. The number of hydrogen-bond donors (Lipinski definition) is 1. The van der Waals surface area contributed by atoms with Crippen LogP contribution in [0.4, 0.5) is 5.95 Å². The number of halogens is 1. The quantitative estimate of drug-likeness (QED) is 0.391. The Morgan fingerprint density at radius 2 is 1.81 bits per heavy atom. The summed E-state index contributed by atoms with van der Waals surface area (Å²) in [5.74, 6) is 0.582. The summed E-state index contributed by atoms with van der Waals surface area (Å²) >= 11 is 5.91. The summed E-state index contributed by atoms with van der Waals surface area (Å²) < 4.78 is 59.3. The van der Waals surface area contributed by atoms with Crippen molar-refractivity contribution in [2.75, 3.05) is 52.0 Å². The maximum atomic E-state index is 13.6. The Kier molecular flexibility index (Phi) is 10.4. The molecule has 0 radical (unpaired) electrons. The van der Waals surface area contributed by atoms with Crippen LogP contribution >= 0.6 is 11.6 Å².